The number of carbonyl (C=O) groups excluding carboxylic acids is 2. The first kappa shape index (κ1) is 17.7. The number of carbonyl (C=O) groups is 2. The molecule has 1 aromatic rings. The summed E-state index contributed by atoms with van der Waals surface area (Å²) >= 11 is 0. The third kappa shape index (κ3) is 3.46. The highest BCUT2D eigenvalue weighted by Crippen LogP contribution is 2.40. The van der Waals surface area contributed by atoms with E-state index in [-0.39, 0.29) is 11.8 Å². The number of amides is 2. The van der Waals surface area contributed by atoms with Crippen molar-refractivity contribution < 1.29 is 14.3 Å². The normalized spacial score (nSPS) is 23.4. The third-order valence-electron chi connectivity index (χ3n) is 5.29. The first-order valence-corrected chi connectivity index (χ1v) is 8.81. The van der Waals surface area contributed by atoms with Gasteiger partial charge in [0.1, 0.15) is 5.82 Å². The van der Waals surface area contributed by atoms with Crippen LogP contribution in [0.25, 0.3) is 0 Å². The maximum Gasteiger partial charge on any atom is 0.254 e. The fraction of sp³-hybridized carbons (Fsp3) is 0.611. The summed E-state index contributed by atoms with van der Waals surface area (Å²) in [5, 5.41) is 2.95. The zero-order valence-corrected chi connectivity index (χ0v) is 15.0. The average Bonchev–Trinajstić information content (AvgIpc) is 3.07. The number of pyridine rings is 1. The van der Waals surface area contributed by atoms with E-state index in [9.17, 15) is 9.59 Å². The lowest BCUT2D eigenvalue weighted by Crippen LogP contribution is -2.51. The number of rotatable bonds is 5. The Morgan fingerprint density at radius 2 is 2.24 bits per heavy atom. The Balaban J connectivity index is 1.71. The molecule has 0 unspecified atom stereocenters. The van der Waals surface area contributed by atoms with Gasteiger partial charge in [-0.3, -0.25) is 9.59 Å². The smallest absolute Gasteiger partial charge is 0.254 e. The van der Waals surface area contributed by atoms with Gasteiger partial charge in [-0.25, -0.2) is 4.98 Å². The SMILES string of the molecule is CNc1cc(C(=O)N2CC[C@@]3(CCCN(CCOC)C3=O)C2)ccn1. The standard InChI is InChI=1S/C18H26N4O3/c1-19-15-12-14(4-7-20-15)16(23)22-9-6-18(13-22)5-3-8-21(17(18)24)10-11-25-2/h4,7,12H,3,5-6,8-11,13H2,1-2H3,(H,19,20)/t18-/m0/s1. The third-order valence-corrected chi connectivity index (χ3v) is 5.29. The molecular formula is C18H26N4O3. The van der Waals surface area contributed by atoms with Gasteiger partial charge in [-0.05, 0) is 31.4 Å². The van der Waals surface area contributed by atoms with Crippen LogP contribution < -0.4 is 5.32 Å². The first-order valence-electron chi connectivity index (χ1n) is 8.81. The molecule has 3 heterocycles. The number of methoxy groups -OCH3 is 1. The lowest BCUT2D eigenvalue weighted by molar-refractivity contribution is -0.146. The van der Waals surface area contributed by atoms with Crippen LogP contribution in [-0.2, 0) is 9.53 Å². The minimum Gasteiger partial charge on any atom is -0.383 e. The topological polar surface area (TPSA) is 74.8 Å². The van der Waals surface area contributed by atoms with E-state index in [1.54, 1.807) is 32.5 Å². The van der Waals surface area contributed by atoms with E-state index in [0.29, 0.717) is 37.6 Å². The van der Waals surface area contributed by atoms with Gasteiger partial charge < -0.3 is 19.9 Å². The van der Waals surface area contributed by atoms with Crippen molar-refractivity contribution in [3.8, 4) is 0 Å². The zero-order chi connectivity index (χ0) is 17.9. The van der Waals surface area contributed by atoms with E-state index in [2.05, 4.69) is 10.3 Å². The molecule has 3 rings (SSSR count). The fourth-order valence-corrected chi connectivity index (χ4v) is 3.87. The van der Waals surface area contributed by atoms with Gasteiger partial charge in [0, 0.05) is 52.1 Å². The molecule has 136 valence electrons. The maximum absolute atomic E-state index is 13.0. The van der Waals surface area contributed by atoms with Crippen LogP contribution >= 0.6 is 0 Å². The van der Waals surface area contributed by atoms with E-state index in [1.165, 1.54) is 0 Å². The Bertz CT molecular complexity index is 651. The molecule has 0 bridgehead atoms. The van der Waals surface area contributed by atoms with Crippen LogP contribution in [0.3, 0.4) is 0 Å². The average molecular weight is 346 g/mol. The summed E-state index contributed by atoms with van der Waals surface area (Å²) in [7, 11) is 3.42. The molecule has 0 aromatic carbocycles. The highest BCUT2D eigenvalue weighted by atomic mass is 16.5. The van der Waals surface area contributed by atoms with Crippen LogP contribution in [0.2, 0.25) is 0 Å². The van der Waals surface area contributed by atoms with Crippen LogP contribution in [-0.4, -0.2) is 73.5 Å². The van der Waals surface area contributed by atoms with Crippen LogP contribution in [0, 0.1) is 5.41 Å². The molecule has 7 heteroatoms. The van der Waals surface area contributed by atoms with E-state index < -0.39 is 5.41 Å². The van der Waals surface area contributed by atoms with E-state index in [0.717, 1.165) is 25.8 Å². The largest absolute Gasteiger partial charge is 0.383 e. The molecule has 0 radical (unpaired) electrons. The lowest BCUT2D eigenvalue weighted by atomic mass is 9.78. The molecule has 1 aromatic heterocycles. The predicted octanol–water partition coefficient (Wildman–Crippen LogP) is 1.22. The minimum absolute atomic E-state index is 0.0300. The van der Waals surface area contributed by atoms with Crippen LogP contribution in [0.4, 0.5) is 5.82 Å². The van der Waals surface area contributed by atoms with Gasteiger partial charge in [0.15, 0.2) is 0 Å². The van der Waals surface area contributed by atoms with Crippen LogP contribution in [0.15, 0.2) is 18.3 Å². The van der Waals surface area contributed by atoms with E-state index >= 15 is 0 Å². The predicted molar refractivity (Wildman–Crippen MR) is 94.4 cm³/mol. The highest BCUT2D eigenvalue weighted by Gasteiger charge is 2.49. The van der Waals surface area contributed by atoms with Crippen molar-refractivity contribution in [1.29, 1.82) is 0 Å². The summed E-state index contributed by atoms with van der Waals surface area (Å²) in [4.78, 5) is 33.7. The number of likely N-dealkylation sites (tertiary alicyclic amines) is 2. The second-order valence-electron chi connectivity index (χ2n) is 6.83. The summed E-state index contributed by atoms with van der Waals surface area (Å²) in [6.45, 7) is 3.09. The second-order valence-corrected chi connectivity index (χ2v) is 6.83. The van der Waals surface area contributed by atoms with Crippen molar-refractivity contribution in [3.05, 3.63) is 23.9 Å². The molecule has 1 spiro atoms. The Labute approximate surface area is 148 Å². The Hall–Kier alpha value is -2.15. The second kappa shape index (κ2) is 7.39. The maximum atomic E-state index is 13.0. The summed E-state index contributed by atoms with van der Waals surface area (Å²) < 4.78 is 5.11. The van der Waals surface area contributed by atoms with Crippen LogP contribution in [0.1, 0.15) is 29.6 Å². The summed E-state index contributed by atoms with van der Waals surface area (Å²) in [6, 6.07) is 3.47. The molecule has 2 aliphatic heterocycles. The summed E-state index contributed by atoms with van der Waals surface area (Å²) in [5.41, 5.74) is 0.191. The van der Waals surface area contributed by atoms with Gasteiger partial charge in [0.25, 0.3) is 5.91 Å². The molecule has 25 heavy (non-hydrogen) atoms. The van der Waals surface area contributed by atoms with E-state index in [4.69, 9.17) is 4.74 Å². The quantitative estimate of drug-likeness (QED) is 0.868. The molecule has 0 aliphatic carbocycles. The summed E-state index contributed by atoms with van der Waals surface area (Å²) in [6.07, 6.45) is 4.21. The van der Waals surface area contributed by atoms with Crippen molar-refractivity contribution >= 4 is 17.6 Å². The molecule has 1 N–H and O–H groups in total. The zero-order valence-electron chi connectivity index (χ0n) is 15.0. The van der Waals surface area contributed by atoms with E-state index in [1.807, 2.05) is 9.80 Å². The van der Waals surface area contributed by atoms with Crippen molar-refractivity contribution in [3.63, 3.8) is 0 Å². The molecule has 1 atom stereocenters. The number of ether oxygens (including phenoxy) is 1. The number of hydrogen-bond donors (Lipinski definition) is 1. The van der Waals surface area contributed by atoms with Crippen molar-refractivity contribution in [2.45, 2.75) is 19.3 Å². The van der Waals surface area contributed by atoms with Gasteiger partial charge in [-0.2, -0.15) is 0 Å². The monoisotopic (exact) mass is 346 g/mol. The van der Waals surface area contributed by atoms with Crippen molar-refractivity contribution in [2.75, 3.05) is 52.3 Å². The van der Waals surface area contributed by atoms with Gasteiger partial charge >= 0.3 is 0 Å². The number of hydrogen-bond acceptors (Lipinski definition) is 5. The van der Waals surface area contributed by atoms with Gasteiger partial charge in [-0.15, -0.1) is 0 Å². The molecule has 2 fully saturated rings. The van der Waals surface area contributed by atoms with Gasteiger partial charge in [0.05, 0.1) is 12.0 Å². The minimum atomic E-state index is -0.416. The first-order chi connectivity index (χ1) is 12.1. The number of nitrogens with zero attached hydrogens (tertiary/aromatic N) is 3. The van der Waals surface area contributed by atoms with Crippen molar-refractivity contribution in [2.24, 2.45) is 5.41 Å². The number of piperidine rings is 1. The lowest BCUT2D eigenvalue weighted by Gasteiger charge is -2.39. The van der Waals surface area contributed by atoms with Gasteiger partial charge in [0.2, 0.25) is 5.91 Å². The Morgan fingerprint density at radius 3 is 3.00 bits per heavy atom. The van der Waals surface area contributed by atoms with Crippen LogP contribution in [0.5, 0.6) is 0 Å². The summed E-state index contributed by atoms with van der Waals surface area (Å²) in [5.74, 6) is 0.813. The highest BCUT2D eigenvalue weighted by molar-refractivity contribution is 5.96. The molecule has 0 saturated carbocycles. The fourth-order valence-electron chi connectivity index (χ4n) is 3.87. The Morgan fingerprint density at radius 1 is 1.40 bits per heavy atom. The molecule has 2 amide bonds. The van der Waals surface area contributed by atoms with Gasteiger partial charge in [-0.1, -0.05) is 0 Å². The van der Waals surface area contributed by atoms with Crippen molar-refractivity contribution in [1.82, 2.24) is 14.8 Å². The molecule has 2 aliphatic rings. The molecule has 7 nitrogen and oxygen atoms in total. The number of anilines is 1. The molecular weight excluding hydrogens is 320 g/mol. The number of nitrogens with one attached hydrogen (secondary N) is 1. The Kier molecular flexibility index (Phi) is 5.22. The number of aromatic nitrogens is 1. The molecule has 2 saturated heterocycles.